The van der Waals surface area contributed by atoms with Crippen molar-refractivity contribution in [1.29, 1.82) is 0 Å². The van der Waals surface area contributed by atoms with E-state index in [2.05, 4.69) is 0 Å². The number of hydrogen-bond acceptors (Lipinski definition) is 4. The molecule has 4 heteroatoms. The Morgan fingerprint density at radius 3 is 2.48 bits per heavy atom. The van der Waals surface area contributed by atoms with Crippen molar-refractivity contribution in [2.75, 3.05) is 13.2 Å². The highest BCUT2D eigenvalue weighted by Crippen LogP contribution is 2.31. The Morgan fingerprint density at radius 2 is 1.65 bits per heavy atom. The van der Waals surface area contributed by atoms with Gasteiger partial charge in [-0.15, -0.1) is 0 Å². The number of carbonyl (C=O) groups excluding carboxylic acids is 1. The maximum absolute atomic E-state index is 12.7. The zero-order chi connectivity index (χ0) is 15.6. The Labute approximate surface area is 133 Å². The van der Waals surface area contributed by atoms with E-state index in [-0.39, 0.29) is 5.78 Å². The zero-order valence-corrected chi connectivity index (χ0v) is 12.3. The maximum atomic E-state index is 12.7. The molecule has 4 nitrogen and oxygen atoms in total. The standard InChI is InChI=1S/C19H14O4/c20-19(15-6-7-17-18(12-15)23-10-9-22-17)14-4-1-3-13(11-14)16-5-2-8-21-16/h1-8,11-12H,9-10H2. The first-order chi connectivity index (χ1) is 11.3. The first-order valence-electron chi connectivity index (χ1n) is 7.39. The normalized spacial score (nSPS) is 12.9. The van der Waals surface area contributed by atoms with E-state index < -0.39 is 0 Å². The second kappa shape index (κ2) is 5.65. The van der Waals surface area contributed by atoms with Crippen LogP contribution in [-0.4, -0.2) is 19.0 Å². The molecule has 0 bridgehead atoms. The van der Waals surface area contributed by atoms with Crippen LogP contribution in [-0.2, 0) is 0 Å². The molecule has 0 unspecified atom stereocenters. The molecule has 0 saturated heterocycles. The van der Waals surface area contributed by atoms with Crippen LogP contribution in [0.3, 0.4) is 0 Å². The molecule has 0 fully saturated rings. The van der Waals surface area contributed by atoms with Gasteiger partial charge in [0.15, 0.2) is 17.3 Å². The van der Waals surface area contributed by atoms with Crippen LogP contribution in [0.15, 0.2) is 65.3 Å². The van der Waals surface area contributed by atoms with Gasteiger partial charge in [-0.25, -0.2) is 0 Å². The van der Waals surface area contributed by atoms with Gasteiger partial charge in [0.25, 0.3) is 0 Å². The Kier molecular flexibility index (Phi) is 3.35. The molecule has 1 aromatic heterocycles. The van der Waals surface area contributed by atoms with Crippen molar-refractivity contribution >= 4 is 5.78 Å². The lowest BCUT2D eigenvalue weighted by molar-refractivity contribution is 0.103. The van der Waals surface area contributed by atoms with Crippen LogP contribution in [0.2, 0.25) is 0 Å². The van der Waals surface area contributed by atoms with Crippen molar-refractivity contribution in [3.63, 3.8) is 0 Å². The zero-order valence-electron chi connectivity index (χ0n) is 12.3. The van der Waals surface area contributed by atoms with E-state index in [1.165, 1.54) is 0 Å². The maximum Gasteiger partial charge on any atom is 0.193 e. The van der Waals surface area contributed by atoms with Crippen molar-refractivity contribution in [3.05, 3.63) is 72.0 Å². The molecule has 1 aliphatic rings. The fraction of sp³-hybridized carbons (Fsp3) is 0.105. The SMILES string of the molecule is O=C(c1cccc(-c2ccco2)c1)c1ccc2c(c1)OCCO2. The monoisotopic (exact) mass is 306 g/mol. The topological polar surface area (TPSA) is 48.7 Å². The third-order valence-corrected chi connectivity index (χ3v) is 3.73. The molecule has 0 amide bonds. The van der Waals surface area contributed by atoms with Crippen molar-refractivity contribution in [2.45, 2.75) is 0 Å². The summed E-state index contributed by atoms with van der Waals surface area (Å²) < 4.78 is 16.4. The average molecular weight is 306 g/mol. The highest BCUT2D eigenvalue weighted by Gasteiger charge is 2.16. The van der Waals surface area contributed by atoms with Gasteiger partial charge in [0.05, 0.1) is 6.26 Å². The predicted molar refractivity (Wildman–Crippen MR) is 85.0 cm³/mol. The lowest BCUT2D eigenvalue weighted by atomic mass is 10.00. The van der Waals surface area contributed by atoms with Gasteiger partial charge in [0.1, 0.15) is 19.0 Å². The minimum Gasteiger partial charge on any atom is -0.486 e. The van der Waals surface area contributed by atoms with E-state index in [9.17, 15) is 4.79 Å². The van der Waals surface area contributed by atoms with Gasteiger partial charge >= 0.3 is 0 Å². The number of ketones is 1. The summed E-state index contributed by atoms with van der Waals surface area (Å²) in [6.45, 7) is 1.03. The largest absolute Gasteiger partial charge is 0.486 e. The Bertz CT molecular complexity index is 850. The van der Waals surface area contributed by atoms with Crippen LogP contribution in [0.4, 0.5) is 0 Å². The average Bonchev–Trinajstić information content (AvgIpc) is 3.15. The van der Waals surface area contributed by atoms with Gasteiger partial charge in [0, 0.05) is 16.7 Å². The Balaban J connectivity index is 1.68. The van der Waals surface area contributed by atoms with Gasteiger partial charge in [-0.2, -0.15) is 0 Å². The van der Waals surface area contributed by atoms with Crippen LogP contribution >= 0.6 is 0 Å². The third-order valence-electron chi connectivity index (χ3n) is 3.73. The van der Waals surface area contributed by atoms with E-state index >= 15 is 0 Å². The molecule has 2 aromatic carbocycles. The second-order valence-corrected chi connectivity index (χ2v) is 5.25. The molecule has 0 aliphatic carbocycles. The van der Waals surface area contributed by atoms with E-state index in [4.69, 9.17) is 13.9 Å². The lowest BCUT2D eigenvalue weighted by Gasteiger charge is -2.18. The highest BCUT2D eigenvalue weighted by atomic mass is 16.6. The second-order valence-electron chi connectivity index (χ2n) is 5.25. The molecule has 3 aromatic rings. The van der Waals surface area contributed by atoms with Gasteiger partial charge in [-0.1, -0.05) is 18.2 Å². The van der Waals surface area contributed by atoms with Crippen LogP contribution in [0, 0.1) is 0 Å². The van der Waals surface area contributed by atoms with Crippen LogP contribution in [0.5, 0.6) is 11.5 Å². The Morgan fingerprint density at radius 1 is 0.826 bits per heavy atom. The molecule has 0 radical (unpaired) electrons. The molecule has 0 saturated carbocycles. The summed E-state index contributed by atoms with van der Waals surface area (Å²) in [6.07, 6.45) is 1.62. The minimum absolute atomic E-state index is 0.0598. The molecular formula is C19H14O4. The molecule has 4 rings (SSSR count). The summed E-state index contributed by atoms with van der Waals surface area (Å²) in [6, 6.07) is 16.4. The Hall–Kier alpha value is -3.01. The van der Waals surface area contributed by atoms with Crippen molar-refractivity contribution in [2.24, 2.45) is 0 Å². The van der Waals surface area contributed by atoms with Crippen molar-refractivity contribution in [3.8, 4) is 22.8 Å². The first kappa shape index (κ1) is 13.6. The number of rotatable bonds is 3. The first-order valence-corrected chi connectivity index (χ1v) is 7.39. The van der Waals surface area contributed by atoms with Gasteiger partial charge < -0.3 is 13.9 Å². The van der Waals surface area contributed by atoms with E-state index in [1.807, 2.05) is 30.3 Å². The highest BCUT2D eigenvalue weighted by molar-refractivity contribution is 6.09. The summed E-state index contributed by atoms with van der Waals surface area (Å²) >= 11 is 0. The molecule has 0 atom stereocenters. The van der Waals surface area contributed by atoms with Crippen molar-refractivity contribution in [1.82, 2.24) is 0 Å². The third kappa shape index (κ3) is 2.59. The van der Waals surface area contributed by atoms with Crippen LogP contribution in [0.1, 0.15) is 15.9 Å². The van der Waals surface area contributed by atoms with E-state index in [1.54, 1.807) is 30.5 Å². The molecule has 2 heterocycles. The fourth-order valence-electron chi connectivity index (χ4n) is 2.61. The minimum atomic E-state index is -0.0598. The summed E-state index contributed by atoms with van der Waals surface area (Å²) in [5.41, 5.74) is 2.06. The summed E-state index contributed by atoms with van der Waals surface area (Å²) in [7, 11) is 0. The van der Waals surface area contributed by atoms with E-state index in [0.29, 0.717) is 35.8 Å². The van der Waals surface area contributed by atoms with Gasteiger partial charge in [0.2, 0.25) is 0 Å². The smallest absolute Gasteiger partial charge is 0.193 e. The number of hydrogen-bond donors (Lipinski definition) is 0. The molecule has 0 spiro atoms. The number of carbonyl (C=O) groups is 1. The molecule has 1 aliphatic heterocycles. The molecule has 114 valence electrons. The van der Waals surface area contributed by atoms with E-state index in [0.717, 1.165) is 11.3 Å². The number of ether oxygens (including phenoxy) is 2. The number of fused-ring (bicyclic) bond motifs is 1. The quantitative estimate of drug-likeness (QED) is 0.687. The summed E-state index contributed by atoms with van der Waals surface area (Å²) in [5.74, 6) is 1.97. The predicted octanol–water partition coefficient (Wildman–Crippen LogP) is 3.95. The fourth-order valence-corrected chi connectivity index (χ4v) is 2.61. The number of furan rings is 1. The lowest BCUT2D eigenvalue weighted by Crippen LogP contribution is -2.15. The molecular weight excluding hydrogens is 292 g/mol. The van der Waals surface area contributed by atoms with Crippen molar-refractivity contribution < 1.29 is 18.7 Å². The summed E-state index contributed by atoms with van der Waals surface area (Å²) in [4.78, 5) is 12.7. The summed E-state index contributed by atoms with van der Waals surface area (Å²) in [5, 5.41) is 0. The van der Waals surface area contributed by atoms with Gasteiger partial charge in [-0.05, 0) is 36.4 Å². The van der Waals surface area contributed by atoms with Gasteiger partial charge in [-0.3, -0.25) is 4.79 Å². The number of benzene rings is 2. The van der Waals surface area contributed by atoms with Crippen LogP contribution in [0.25, 0.3) is 11.3 Å². The molecule has 23 heavy (non-hydrogen) atoms. The van der Waals surface area contributed by atoms with Crippen LogP contribution < -0.4 is 9.47 Å². The molecule has 0 N–H and O–H groups in total.